The Hall–Kier alpha value is -1.80. The number of rotatable bonds is 7. The highest BCUT2D eigenvalue weighted by molar-refractivity contribution is 8.02. The van der Waals surface area contributed by atoms with Crippen LogP contribution in [-0.4, -0.2) is 21.7 Å². The molecule has 2 rings (SSSR count). The van der Waals surface area contributed by atoms with Crippen LogP contribution in [-0.2, 0) is 11.5 Å². The zero-order valence-corrected chi connectivity index (χ0v) is 13.1. The number of hydrogen-bond donors (Lipinski definition) is 2. The highest BCUT2D eigenvalue weighted by Gasteiger charge is 2.03. The van der Waals surface area contributed by atoms with Crippen LogP contribution in [0.5, 0.6) is 11.5 Å². The second-order valence-electron chi connectivity index (χ2n) is 4.30. The van der Waals surface area contributed by atoms with Crippen LogP contribution in [0.15, 0.2) is 43.1 Å². The molecule has 0 aliphatic carbocycles. The molecule has 6 nitrogen and oxygen atoms in total. The van der Waals surface area contributed by atoms with Crippen LogP contribution in [0.2, 0.25) is 0 Å². The summed E-state index contributed by atoms with van der Waals surface area (Å²) in [6.07, 6.45) is 2.08. The van der Waals surface area contributed by atoms with Gasteiger partial charge < -0.3 is 19.0 Å². The number of aromatic hydroxyl groups is 2. The Morgan fingerprint density at radius 1 is 0.818 bits per heavy atom. The highest BCUT2D eigenvalue weighted by atomic mass is 32.2. The first kappa shape index (κ1) is 16.6. The van der Waals surface area contributed by atoms with Crippen LogP contribution in [0, 0.1) is 0 Å². The molecule has 22 heavy (non-hydrogen) atoms. The summed E-state index contributed by atoms with van der Waals surface area (Å²) >= 11 is 3.19. The fourth-order valence-corrected chi connectivity index (χ4v) is 3.44. The smallest absolute Gasteiger partial charge is 0.226 e. The van der Waals surface area contributed by atoms with Gasteiger partial charge in [-0.15, -0.1) is 0 Å². The third-order valence-electron chi connectivity index (χ3n) is 2.59. The van der Waals surface area contributed by atoms with Gasteiger partial charge in [-0.25, -0.2) is 0 Å². The Morgan fingerprint density at radius 2 is 1.23 bits per heavy atom. The summed E-state index contributed by atoms with van der Waals surface area (Å²) in [4.78, 5) is 22.4. The first-order valence-corrected chi connectivity index (χ1v) is 8.64. The van der Waals surface area contributed by atoms with E-state index in [-0.39, 0.29) is 11.5 Å². The first-order chi connectivity index (χ1) is 10.6. The van der Waals surface area contributed by atoms with E-state index in [2.05, 4.69) is 0 Å². The Bertz CT molecular complexity index is 673. The zero-order valence-electron chi connectivity index (χ0n) is 11.5. The molecule has 0 fully saturated rings. The van der Waals surface area contributed by atoms with Crippen molar-refractivity contribution >= 4 is 23.5 Å². The molecule has 8 heteroatoms. The van der Waals surface area contributed by atoms with Crippen molar-refractivity contribution in [2.45, 2.75) is 11.5 Å². The normalized spacial score (nSPS) is 10.7. The van der Waals surface area contributed by atoms with E-state index in [1.54, 1.807) is 23.5 Å². The van der Waals surface area contributed by atoms with Crippen LogP contribution in [0.4, 0.5) is 0 Å². The van der Waals surface area contributed by atoms with E-state index in [0.717, 1.165) is 24.0 Å². The third-order valence-corrected chi connectivity index (χ3v) is 4.81. The molecule has 0 amide bonds. The maximum Gasteiger partial charge on any atom is 0.226 e. The zero-order chi connectivity index (χ0) is 15.9. The van der Waals surface area contributed by atoms with Crippen molar-refractivity contribution in [1.82, 2.24) is 0 Å². The van der Waals surface area contributed by atoms with E-state index in [0.29, 0.717) is 23.0 Å². The average molecular weight is 342 g/mol. The standard InChI is InChI=1S/C14H14O6S2/c15-11-3-9(19-5-13(11)17)7-21-1-2-22-8-10-4-12(16)14(18)6-20-10/h3-6,17-18H,1-2,7-8H2. The Labute approximate surface area is 134 Å². The molecule has 2 aromatic heterocycles. The lowest BCUT2D eigenvalue weighted by Crippen LogP contribution is -2.00. The molecule has 2 aromatic rings. The van der Waals surface area contributed by atoms with E-state index in [1.807, 2.05) is 0 Å². The van der Waals surface area contributed by atoms with Gasteiger partial charge in [0.05, 0.1) is 11.5 Å². The highest BCUT2D eigenvalue weighted by Crippen LogP contribution is 2.17. The lowest BCUT2D eigenvalue weighted by atomic mass is 10.4. The molecule has 118 valence electrons. The maximum atomic E-state index is 11.2. The second kappa shape index (κ2) is 8.00. The van der Waals surface area contributed by atoms with Crippen molar-refractivity contribution in [1.29, 1.82) is 0 Å². The second-order valence-corrected chi connectivity index (χ2v) is 6.51. The minimum absolute atomic E-state index is 0.389. The molecule has 0 saturated carbocycles. The molecule has 0 aromatic carbocycles. The van der Waals surface area contributed by atoms with E-state index in [1.165, 1.54) is 12.1 Å². The van der Waals surface area contributed by atoms with Crippen LogP contribution in [0.3, 0.4) is 0 Å². The minimum Gasteiger partial charge on any atom is -0.502 e. The van der Waals surface area contributed by atoms with Gasteiger partial charge in [0.2, 0.25) is 10.9 Å². The Kier molecular flexibility index (Phi) is 6.02. The van der Waals surface area contributed by atoms with Gasteiger partial charge in [-0.2, -0.15) is 23.5 Å². The molecule has 0 spiro atoms. The topological polar surface area (TPSA) is 101 Å². The summed E-state index contributed by atoms with van der Waals surface area (Å²) in [5.41, 5.74) is -0.892. The summed E-state index contributed by atoms with van der Waals surface area (Å²) < 4.78 is 10.2. The predicted octanol–water partition coefficient (Wildman–Crippen LogP) is 2.17. The van der Waals surface area contributed by atoms with Crippen LogP contribution in [0.1, 0.15) is 11.5 Å². The molecular formula is C14H14O6S2. The van der Waals surface area contributed by atoms with Gasteiger partial charge in [-0.05, 0) is 0 Å². The van der Waals surface area contributed by atoms with Crippen molar-refractivity contribution in [2.75, 3.05) is 11.5 Å². The van der Waals surface area contributed by atoms with E-state index < -0.39 is 10.9 Å². The van der Waals surface area contributed by atoms with Crippen molar-refractivity contribution in [2.24, 2.45) is 0 Å². The van der Waals surface area contributed by atoms with Gasteiger partial charge in [-0.1, -0.05) is 0 Å². The quantitative estimate of drug-likeness (QED) is 0.738. The molecule has 2 N–H and O–H groups in total. The van der Waals surface area contributed by atoms with Crippen molar-refractivity contribution < 1.29 is 19.0 Å². The van der Waals surface area contributed by atoms with Gasteiger partial charge in [0.25, 0.3) is 0 Å². The molecule has 0 radical (unpaired) electrons. The van der Waals surface area contributed by atoms with E-state index >= 15 is 0 Å². The van der Waals surface area contributed by atoms with E-state index in [9.17, 15) is 9.59 Å². The lowest BCUT2D eigenvalue weighted by molar-refractivity contribution is 0.419. The van der Waals surface area contributed by atoms with Crippen molar-refractivity contribution in [3.8, 4) is 11.5 Å². The van der Waals surface area contributed by atoms with Gasteiger partial charge in [-0.3, -0.25) is 9.59 Å². The van der Waals surface area contributed by atoms with Crippen LogP contribution in [0.25, 0.3) is 0 Å². The molecule has 0 atom stereocenters. The van der Waals surface area contributed by atoms with Crippen molar-refractivity contribution in [3.63, 3.8) is 0 Å². The fourth-order valence-electron chi connectivity index (χ4n) is 1.50. The lowest BCUT2D eigenvalue weighted by Gasteiger charge is -2.02. The summed E-state index contributed by atoms with van der Waals surface area (Å²) in [5.74, 6) is 3.01. The molecule has 2 heterocycles. The number of hydrogen-bond acceptors (Lipinski definition) is 8. The van der Waals surface area contributed by atoms with Gasteiger partial charge in [0.1, 0.15) is 24.0 Å². The largest absolute Gasteiger partial charge is 0.502 e. The Balaban J connectivity index is 1.67. The Morgan fingerprint density at radius 3 is 1.59 bits per heavy atom. The molecule has 0 unspecified atom stereocenters. The minimum atomic E-state index is -0.446. The van der Waals surface area contributed by atoms with Gasteiger partial charge in [0.15, 0.2) is 11.5 Å². The van der Waals surface area contributed by atoms with Gasteiger partial charge >= 0.3 is 0 Å². The summed E-state index contributed by atoms with van der Waals surface area (Å²) in [6, 6.07) is 2.56. The predicted molar refractivity (Wildman–Crippen MR) is 85.6 cm³/mol. The first-order valence-electron chi connectivity index (χ1n) is 6.33. The third kappa shape index (κ3) is 4.88. The molecule has 0 aliphatic heterocycles. The van der Waals surface area contributed by atoms with Gasteiger partial charge in [0, 0.05) is 23.6 Å². The molecule has 0 bridgehead atoms. The summed E-state index contributed by atoms with van der Waals surface area (Å²) in [5, 5.41) is 18.1. The fraction of sp³-hybridized carbons (Fsp3) is 0.286. The molecule has 0 aliphatic rings. The van der Waals surface area contributed by atoms with E-state index in [4.69, 9.17) is 19.0 Å². The van der Waals surface area contributed by atoms with Crippen LogP contribution < -0.4 is 10.9 Å². The molecule has 0 saturated heterocycles. The monoisotopic (exact) mass is 342 g/mol. The maximum absolute atomic E-state index is 11.2. The molecular weight excluding hydrogens is 328 g/mol. The van der Waals surface area contributed by atoms with Crippen molar-refractivity contribution in [3.05, 3.63) is 56.6 Å². The summed E-state index contributed by atoms with van der Waals surface area (Å²) in [7, 11) is 0. The number of thioether (sulfide) groups is 2. The SMILES string of the molecule is O=c1cc(CSCCSCc2cc(=O)c(O)co2)occ1O. The average Bonchev–Trinajstić information content (AvgIpc) is 2.50. The van der Waals surface area contributed by atoms with Crippen LogP contribution >= 0.6 is 23.5 Å². The summed E-state index contributed by atoms with van der Waals surface area (Å²) in [6.45, 7) is 0.